The minimum absolute atomic E-state index is 0.0250. The number of hydrazine groups is 1. The lowest BCUT2D eigenvalue weighted by atomic mass is 10.1. The predicted octanol–water partition coefficient (Wildman–Crippen LogP) is 1.06. The molecule has 2 heterocycles. The van der Waals surface area contributed by atoms with E-state index in [0.717, 1.165) is 11.5 Å². The second-order valence-electron chi connectivity index (χ2n) is 4.05. The standard InChI is InChI=1S/C10H16N6S/c1-7(2)16-10(12-5-14-16)3-8(15-11)9-4-17-6-13-9/h4-8,15H,3,11H2,1-2H3. The summed E-state index contributed by atoms with van der Waals surface area (Å²) in [5.74, 6) is 6.48. The molecule has 17 heavy (non-hydrogen) atoms. The summed E-state index contributed by atoms with van der Waals surface area (Å²) in [6.07, 6.45) is 2.25. The second kappa shape index (κ2) is 5.35. The van der Waals surface area contributed by atoms with Crippen molar-refractivity contribution < 1.29 is 0 Å². The molecule has 6 nitrogen and oxygen atoms in total. The van der Waals surface area contributed by atoms with E-state index in [4.69, 9.17) is 5.84 Å². The molecule has 92 valence electrons. The van der Waals surface area contributed by atoms with E-state index in [2.05, 4.69) is 34.3 Å². The van der Waals surface area contributed by atoms with E-state index in [9.17, 15) is 0 Å². The van der Waals surface area contributed by atoms with Crippen molar-refractivity contribution >= 4 is 11.3 Å². The van der Waals surface area contributed by atoms with Crippen LogP contribution in [0.15, 0.2) is 17.2 Å². The van der Waals surface area contributed by atoms with Crippen molar-refractivity contribution in [3.8, 4) is 0 Å². The van der Waals surface area contributed by atoms with Gasteiger partial charge in [0.1, 0.15) is 12.2 Å². The van der Waals surface area contributed by atoms with Gasteiger partial charge in [0, 0.05) is 17.8 Å². The highest BCUT2D eigenvalue weighted by atomic mass is 32.1. The van der Waals surface area contributed by atoms with Crippen molar-refractivity contribution in [2.75, 3.05) is 0 Å². The monoisotopic (exact) mass is 252 g/mol. The van der Waals surface area contributed by atoms with Gasteiger partial charge < -0.3 is 0 Å². The number of aromatic nitrogens is 4. The van der Waals surface area contributed by atoms with Gasteiger partial charge in [-0.1, -0.05) is 0 Å². The molecule has 0 saturated carbocycles. The molecule has 0 bridgehead atoms. The molecule has 0 saturated heterocycles. The normalized spacial score (nSPS) is 13.2. The molecule has 0 aromatic carbocycles. The molecule has 0 aliphatic rings. The molecule has 0 aliphatic carbocycles. The third kappa shape index (κ3) is 2.68. The van der Waals surface area contributed by atoms with Gasteiger partial charge in [0.2, 0.25) is 0 Å². The molecule has 0 radical (unpaired) electrons. The Balaban J connectivity index is 2.16. The van der Waals surface area contributed by atoms with Gasteiger partial charge in [0.15, 0.2) is 0 Å². The molecular formula is C10H16N6S. The quantitative estimate of drug-likeness (QED) is 0.614. The van der Waals surface area contributed by atoms with Crippen molar-refractivity contribution in [2.45, 2.75) is 32.4 Å². The molecule has 0 amide bonds. The summed E-state index contributed by atoms with van der Waals surface area (Å²) in [5.41, 5.74) is 5.51. The fraction of sp³-hybridized carbons (Fsp3) is 0.500. The van der Waals surface area contributed by atoms with Crippen molar-refractivity contribution in [3.05, 3.63) is 28.7 Å². The Kier molecular flexibility index (Phi) is 3.82. The average Bonchev–Trinajstić information content (AvgIpc) is 2.96. The molecule has 2 aromatic rings. The van der Waals surface area contributed by atoms with Crippen molar-refractivity contribution in [1.82, 2.24) is 25.2 Å². The lowest BCUT2D eigenvalue weighted by Crippen LogP contribution is -2.30. The highest BCUT2D eigenvalue weighted by Gasteiger charge is 2.17. The van der Waals surface area contributed by atoms with Crippen LogP contribution in [0.3, 0.4) is 0 Å². The molecule has 1 atom stereocenters. The van der Waals surface area contributed by atoms with Gasteiger partial charge in [0.25, 0.3) is 0 Å². The molecule has 0 aliphatic heterocycles. The minimum Gasteiger partial charge on any atom is -0.271 e. The van der Waals surface area contributed by atoms with Crippen LogP contribution >= 0.6 is 11.3 Å². The van der Waals surface area contributed by atoms with E-state index in [1.54, 1.807) is 23.2 Å². The van der Waals surface area contributed by atoms with Crippen LogP contribution in [0.1, 0.15) is 37.4 Å². The number of hydrogen-bond donors (Lipinski definition) is 2. The van der Waals surface area contributed by atoms with Crippen LogP contribution in [0.2, 0.25) is 0 Å². The molecular weight excluding hydrogens is 236 g/mol. The van der Waals surface area contributed by atoms with E-state index in [0.29, 0.717) is 12.5 Å². The topological polar surface area (TPSA) is 81.7 Å². The molecule has 2 rings (SSSR count). The SMILES string of the molecule is CC(C)n1ncnc1CC(NN)c1cscn1. The second-order valence-corrected chi connectivity index (χ2v) is 4.77. The smallest absolute Gasteiger partial charge is 0.138 e. The minimum atomic E-state index is -0.0250. The molecule has 1 unspecified atom stereocenters. The molecule has 0 spiro atoms. The Hall–Kier alpha value is -1.31. The Morgan fingerprint density at radius 2 is 2.29 bits per heavy atom. The Bertz CT molecular complexity index is 449. The first-order chi connectivity index (χ1) is 8.22. The first-order valence-electron chi connectivity index (χ1n) is 5.45. The van der Waals surface area contributed by atoms with Crippen LogP contribution in [0, 0.1) is 0 Å². The third-order valence-corrected chi connectivity index (χ3v) is 3.14. The fourth-order valence-corrected chi connectivity index (χ4v) is 2.28. The number of hydrogen-bond acceptors (Lipinski definition) is 6. The lowest BCUT2D eigenvalue weighted by molar-refractivity contribution is 0.465. The summed E-state index contributed by atoms with van der Waals surface area (Å²) in [6, 6.07) is 0.268. The van der Waals surface area contributed by atoms with Gasteiger partial charge in [-0.15, -0.1) is 11.3 Å². The zero-order chi connectivity index (χ0) is 12.3. The van der Waals surface area contributed by atoms with E-state index in [1.807, 2.05) is 10.1 Å². The van der Waals surface area contributed by atoms with Gasteiger partial charge in [-0.05, 0) is 13.8 Å². The van der Waals surface area contributed by atoms with Crippen LogP contribution < -0.4 is 11.3 Å². The highest BCUT2D eigenvalue weighted by molar-refractivity contribution is 7.07. The lowest BCUT2D eigenvalue weighted by Gasteiger charge is -2.15. The van der Waals surface area contributed by atoms with E-state index >= 15 is 0 Å². The number of nitrogens with two attached hydrogens (primary N) is 1. The van der Waals surface area contributed by atoms with Crippen LogP contribution in [0.4, 0.5) is 0 Å². The van der Waals surface area contributed by atoms with E-state index in [-0.39, 0.29) is 6.04 Å². The number of nitrogens with zero attached hydrogens (tertiary/aromatic N) is 4. The summed E-state index contributed by atoms with van der Waals surface area (Å²) < 4.78 is 1.90. The number of nitrogens with one attached hydrogen (secondary N) is 1. The summed E-state index contributed by atoms with van der Waals surface area (Å²) in [5, 5.41) is 6.19. The third-order valence-electron chi connectivity index (χ3n) is 2.53. The maximum atomic E-state index is 5.56. The highest BCUT2D eigenvalue weighted by Crippen LogP contribution is 2.17. The average molecular weight is 252 g/mol. The maximum absolute atomic E-state index is 5.56. The summed E-state index contributed by atoms with van der Waals surface area (Å²) in [7, 11) is 0. The Morgan fingerprint density at radius 1 is 1.47 bits per heavy atom. The van der Waals surface area contributed by atoms with Crippen LogP contribution in [0.25, 0.3) is 0 Å². The van der Waals surface area contributed by atoms with Crippen molar-refractivity contribution in [3.63, 3.8) is 0 Å². The Labute approximate surface area is 104 Å². The zero-order valence-corrected chi connectivity index (χ0v) is 10.7. The Morgan fingerprint density at radius 3 is 2.88 bits per heavy atom. The molecule has 0 fully saturated rings. The summed E-state index contributed by atoms with van der Waals surface area (Å²) in [6.45, 7) is 4.15. The van der Waals surface area contributed by atoms with Crippen LogP contribution in [-0.4, -0.2) is 19.7 Å². The van der Waals surface area contributed by atoms with Crippen LogP contribution in [-0.2, 0) is 6.42 Å². The number of rotatable bonds is 5. The fourth-order valence-electron chi connectivity index (χ4n) is 1.68. The predicted molar refractivity (Wildman–Crippen MR) is 66.3 cm³/mol. The van der Waals surface area contributed by atoms with Gasteiger partial charge >= 0.3 is 0 Å². The summed E-state index contributed by atoms with van der Waals surface area (Å²) >= 11 is 1.56. The van der Waals surface area contributed by atoms with Gasteiger partial charge in [-0.3, -0.25) is 11.3 Å². The zero-order valence-electron chi connectivity index (χ0n) is 9.87. The van der Waals surface area contributed by atoms with E-state index < -0.39 is 0 Å². The van der Waals surface area contributed by atoms with E-state index in [1.165, 1.54) is 0 Å². The maximum Gasteiger partial charge on any atom is 0.138 e. The number of thiazole rings is 1. The first kappa shape index (κ1) is 12.2. The largest absolute Gasteiger partial charge is 0.271 e. The molecule has 3 N–H and O–H groups in total. The van der Waals surface area contributed by atoms with Crippen molar-refractivity contribution in [2.24, 2.45) is 5.84 Å². The van der Waals surface area contributed by atoms with Gasteiger partial charge in [-0.25, -0.2) is 14.6 Å². The van der Waals surface area contributed by atoms with Gasteiger partial charge in [0.05, 0.1) is 17.2 Å². The molecule has 7 heteroatoms. The molecule has 2 aromatic heterocycles. The van der Waals surface area contributed by atoms with Gasteiger partial charge in [-0.2, -0.15) is 5.10 Å². The van der Waals surface area contributed by atoms with Crippen LogP contribution in [0.5, 0.6) is 0 Å². The first-order valence-corrected chi connectivity index (χ1v) is 6.39. The summed E-state index contributed by atoms with van der Waals surface area (Å²) in [4.78, 5) is 8.53. The van der Waals surface area contributed by atoms with Crippen molar-refractivity contribution in [1.29, 1.82) is 0 Å².